The van der Waals surface area contributed by atoms with E-state index in [9.17, 15) is 9.59 Å². The van der Waals surface area contributed by atoms with E-state index < -0.39 is 0 Å². The third-order valence-corrected chi connectivity index (χ3v) is 6.21. The predicted molar refractivity (Wildman–Crippen MR) is 118 cm³/mol. The summed E-state index contributed by atoms with van der Waals surface area (Å²) in [7, 11) is 0. The van der Waals surface area contributed by atoms with E-state index in [1.165, 1.54) is 0 Å². The van der Waals surface area contributed by atoms with Crippen LogP contribution in [-0.2, 0) is 9.53 Å². The lowest BCUT2D eigenvalue weighted by Crippen LogP contribution is -2.55. The summed E-state index contributed by atoms with van der Waals surface area (Å²) in [6, 6.07) is 9.81. The third kappa shape index (κ3) is 5.07. The standard InChI is InChI=1S/C23H31N5O3/c1-2-31-23(30)26-16-11-19(12-17-26)27-14-4-3-6-21(27)22(29)25-18-7-9-20(10-8-18)28-15-5-13-24-28/h5,7-10,13,15,19,21H,2-4,6,11-12,14,16-17H2,1H3,(H,25,29)/t21-/m0/s1. The SMILES string of the molecule is CCOC(=O)N1CCC(N2CCCC[C@H]2C(=O)Nc2ccc(-n3cccn3)cc2)CC1. The average molecular weight is 426 g/mol. The van der Waals surface area contributed by atoms with Gasteiger partial charge in [0, 0.05) is 37.2 Å². The molecule has 0 spiro atoms. The van der Waals surface area contributed by atoms with Gasteiger partial charge in [0.2, 0.25) is 5.91 Å². The summed E-state index contributed by atoms with van der Waals surface area (Å²) < 4.78 is 6.91. The fraction of sp³-hybridized carbons (Fsp3) is 0.522. The Bertz CT molecular complexity index is 860. The molecule has 2 aromatic rings. The lowest BCUT2D eigenvalue weighted by molar-refractivity contribution is -0.124. The van der Waals surface area contributed by atoms with Gasteiger partial charge in [-0.1, -0.05) is 6.42 Å². The van der Waals surface area contributed by atoms with E-state index in [0.717, 1.165) is 50.0 Å². The molecule has 2 saturated heterocycles. The van der Waals surface area contributed by atoms with Crippen LogP contribution in [0.5, 0.6) is 0 Å². The number of rotatable bonds is 5. The molecule has 2 aliphatic heterocycles. The molecule has 31 heavy (non-hydrogen) atoms. The minimum Gasteiger partial charge on any atom is -0.450 e. The van der Waals surface area contributed by atoms with E-state index in [0.29, 0.717) is 25.7 Å². The van der Waals surface area contributed by atoms with E-state index in [-0.39, 0.29) is 18.0 Å². The molecule has 0 aliphatic carbocycles. The van der Waals surface area contributed by atoms with Gasteiger partial charge in [-0.3, -0.25) is 9.69 Å². The molecule has 4 rings (SSSR count). The number of carbonyl (C=O) groups is 2. The van der Waals surface area contributed by atoms with Gasteiger partial charge in [-0.2, -0.15) is 5.10 Å². The maximum absolute atomic E-state index is 13.1. The van der Waals surface area contributed by atoms with E-state index in [4.69, 9.17) is 4.74 Å². The molecule has 0 radical (unpaired) electrons. The first kappa shape index (κ1) is 21.4. The number of carbonyl (C=O) groups excluding carboxylic acids is 2. The number of hydrogen-bond acceptors (Lipinski definition) is 5. The van der Waals surface area contributed by atoms with Crippen LogP contribution in [0.15, 0.2) is 42.7 Å². The van der Waals surface area contributed by atoms with Crippen molar-refractivity contribution in [1.29, 1.82) is 0 Å². The molecular formula is C23H31N5O3. The van der Waals surface area contributed by atoms with Crippen molar-refractivity contribution >= 4 is 17.7 Å². The van der Waals surface area contributed by atoms with E-state index in [2.05, 4.69) is 15.3 Å². The number of nitrogens with one attached hydrogen (secondary N) is 1. The summed E-state index contributed by atoms with van der Waals surface area (Å²) in [4.78, 5) is 29.3. The highest BCUT2D eigenvalue weighted by molar-refractivity contribution is 5.95. The van der Waals surface area contributed by atoms with Crippen molar-refractivity contribution in [2.45, 2.75) is 51.1 Å². The van der Waals surface area contributed by atoms with Crippen LogP contribution in [0, 0.1) is 0 Å². The highest BCUT2D eigenvalue weighted by Crippen LogP contribution is 2.27. The van der Waals surface area contributed by atoms with Gasteiger partial charge in [0.1, 0.15) is 0 Å². The largest absolute Gasteiger partial charge is 0.450 e. The Kier molecular flexibility index (Phi) is 6.86. The van der Waals surface area contributed by atoms with Crippen LogP contribution in [0.1, 0.15) is 39.0 Å². The predicted octanol–water partition coefficient (Wildman–Crippen LogP) is 3.29. The normalized spacial score (nSPS) is 20.4. The molecule has 2 amide bonds. The van der Waals surface area contributed by atoms with Crippen LogP contribution in [0.2, 0.25) is 0 Å². The van der Waals surface area contributed by atoms with Crippen LogP contribution in [0.25, 0.3) is 5.69 Å². The monoisotopic (exact) mass is 425 g/mol. The molecule has 8 nitrogen and oxygen atoms in total. The zero-order chi connectivity index (χ0) is 21.6. The lowest BCUT2D eigenvalue weighted by Gasteiger charge is -2.43. The zero-order valence-electron chi connectivity index (χ0n) is 18.1. The Labute approximate surface area is 183 Å². The number of amides is 2. The quantitative estimate of drug-likeness (QED) is 0.795. The van der Waals surface area contributed by atoms with E-state index in [1.807, 2.05) is 43.5 Å². The number of aromatic nitrogens is 2. The fourth-order valence-corrected chi connectivity index (χ4v) is 4.61. The molecule has 1 atom stereocenters. The number of benzene rings is 1. The van der Waals surface area contributed by atoms with Crippen molar-refractivity contribution in [1.82, 2.24) is 19.6 Å². The molecule has 0 saturated carbocycles. The summed E-state index contributed by atoms with van der Waals surface area (Å²) >= 11 is 0. The minimum atomic E-state index is -0.229. The molecule has 0 unspecified atom stereocenters. The topological polar surface area (TPSA) is 79.7 Å². The summed E-state index contributed by atoms with van der Waals surface area (Å²) in [5, 5.41) is 7.33. The van der Waals surface area contributed by atoms with E-state index >= 15 is 0 Å². The molecule has 8 heteroatoms. The molecule has 0 bridgehead atoms. The molecular weight excluding hydrogens is 394 g/mol. The number of nitrogens with zero attached hydrogens (tertiary/aromatic N) is 4. The van der Waals surface area contributed by atoms with Crippen molar-refractivity contribution in [3.63, 3.8) is 0 Å². The molecule has 2 fully saturated rings. The van der Waals surface area contributed by atoms with Gasteiger partial charge in [0.25, 0.3) is 0 Å². The maximum Gasteiger partial charge on any atom is 0.409 e. The zero-order valence-corrected chi connectivity index (χ0v) is 18.1. The second-order valence-electron chi connectivity index (χ2n) is 8.15. The maximum atomic E-state index is 13.1. The van der Waals surface area contributed by atoms with Gasteiger partial charge < -0.3 is 15.0 Å². The summed E-state index contributed by atoms with van der Waals surface area (Å²) in [5.74, 6) is 0.0550. The number of ether oxygens (including phenoxy) is 1. The molecule has 1 aromatic heterocycles. The lowest BCUT2D eigenvalue weighted by atomic mass is 9.94. The van der Waals surface area contributed by atoms with Crippen LogP contribution < -0.4 is 5.32 Å². The van der Waals surface area contributed by atoms with Gasteiger partial charge >= 0.3 is 6.09 Å². The highest BCUT2D eigenvalue weighted by Gasteiger charge is 2.36. The summed E-state index contributed by atoms with van der Waals surface area (Å²) in [6.45, 7) is 4.52. The summed E-state index contributed by atoms with van der Waals surface area (Å²) in [5.41, 5.74) is 1.75. The smallest absolute Gasteiger partial charge is 0.409 e. The molecule has 2 aliphatic rings. The van der Waals surface area contributed by atoms with Crippen molar-refractivity contribution < 1.29 is 14.3 Å². The molecule has 3 heterocycles. The Balaban J connectivity index is 1.36. The van der Waals surface area contributed by atoms with Crippen LogP contribution in [-0.4, -0.2) is 69.9 Å². The first-order valence-corrected chi connectivity index (χ1v) is 11.2. The fourth-order valence-electron chi connectivity index (χ4n) is 4.61. The Morgan fingerprint density at radius 2 is 1.87 bits per heavy atom. The van der Waals surface area contributed by atoms with Gasteiger partial charge in [-0.15, -0.1) is 0 Å². The van der Waals surface area contributed by atoms with Gasteiger partial charge in [0.15, 0.2) is 0 Å². The van der Waals surface area contributed by atoms with Crippen LogP contribution in [0.4, 0.5) is 10.5 Å². The Morgan fingerprint density at radius 1 is 1.10 bits per heavy atom. The average Bonchev–Trinajstić information content (AvgIpc) is 3.35. The van der Waals surface area contributed by atoms with Crippen molar-refractivity contribution in [2.75, 3.05) is 31.6 Å². The van der Waals surface area contributed by atoms with E-state index in [1.54, 1.807) is 15.8 Å². The number of anilines is 1. The first-order valence-electron chi connectivity index (χ1n) is 11.2. The van der Waals surface area contributed by atoms with Gasteiger partial charge in [-0.25, -0.2) is 9.48 Å². The number of hydrogen-bond donors (Lipinski definition) is 1. The van der Waals surface area contributed by atoms with Crippen molar-refractivity contribution in [2.24, 2.45) is 0 Å². The van der Waals surface area contributed by atoms with Crippen molar-refractivity contribution in [3.05, 3.63) is 42.7 Å². The number of piperidine rings is 2. The first-order chi connectivity index (χ1) is 15.2. The molecule has 1 N–H and O–H groups in total. The minimum absolute atomic E-state index is 0.0550. The Hall–Kier alpha value is -2.87. The van der Waals surface area contributed by atoms with Gasteiger partial charge in [0.05, 0.1) is 18.3 Å². The third-order valence-electron chi connectivity index (χ3n) is 6.21. The second kappa shape index (κ2) is 9.96. The van der Waals surface area contributed by atoms with Crippen LogP contribution >= 0.6 is 0 Å². The number of likely N-dealkylation sites (tertiary alicyclic amines) is 2. The van der Waals surface area contributed by atoms with Crippen molar-refractivity contribution in [3.8, 4) is 5.69 Å². The van der Waals surface area contributed by atoms with Gasteiger partial charge in [-0.05, 0) is 69.5 Å². The highest BCUT2D eigenvalue weighted by atomic mass is 16.6. The molecule has 1 aromatic carbocycles. The second-order valence-corrected chi connectivity index (χ2v) is 8.15. The molecule has 166 valence electrons. The Morgan fingerprint density at radius 3 is 2.55 bits per heavy atom. The van der Waals surface area contributed by atoms with Crippen LogP contribution in [0.3, 0.4) is 0 Å². The summed E-state index contributed by atoms with van der Waals surface area (Å²) in [6.07, 6.45) is 8.20.